The minimum atomic E-state index is -4.47. The molecule has 0 spiro atoms. The maximum absolute atomic E-state index is 13.0. The van der Waals surface area contributed by atoms with Crippen molar-refractivity contribution < 1.29 is 31.8 Å². The highest BCUT2D eigenvalue weighted by atomic mass is 19.4. The fourth-order valence-electron chi connectivity index (χ4n) is 4.01. The van der Waals surface area contributed by atoms with E-state index >= 15 is 0 Å². The zero-order chi connectivity index (χ0) is 23.3. The molecule has 1 fully saturated rings. The van der Waals surface area contributed by atoms with E-state index in [1.54, 1.807) is 4.90 Å². The highest BCUT2D eigenvalue weighted by Gasteiger charge is 2.47. The van der Waals surface area contributed by atoms with Crippen molar-refractivity contribution in [2.24, 2.45) is 0 Å². The van der Waals surface area contributed by atoms with E-state index in [9.17, 15) is 27.6 Å². The van der Waals surface area contributed by atoms with Crippen LogP contribution < -0.4 is 16.0 Å². The lowest BCUT2D eigenvalue weighted by Crippen LogP contribution is -2.49. The molecule has 8 nitrogen and oxygen atoms in total. The SMILES string of the molecule is CCN1Cc2cc(CNC(=O)NCC(=O)N3CCC[C@@H]3C(F)(F)F)ccc2NCCC1=O.[HH].[HH].[HH]. The van der Waals surface area contributed by atoms with Crippen LogP contribution in [0, 0.1) is 0 Å². The van der Waals surface area contributed by atoms with Crippen LogP contribution in [-0.4, -0.2) is 66.0 Å². The van der Waals surface area contributed by atoms with Crippen molar-refractivity contribution >= 4 is 23.5 Å². The van der Waals surface area contributed by atoms with Gasteiger partial charge in [0.25, 0.3) is 0 Å². The van der Waals surface area contributed by atoms with Crippen LogP contribution in [-0.2, 0) is 22.7 Å². The molecular formula is C21H34F3N5O3. The highest BCUT2D eigenvalue weighted by Crippen LogP contribution is 2.32. The van der Waals surface area contributed by atoms with Gasteiger partial charge in [-0.15, -0.1) is 0 Å². The largest absolute Gasteiger partial charge is 0.408 e. The first-order valence-electron chi connectivity index (χ1n) is 10.7. The highest BCUT2D eigenvalue weighted by molar-refractivity contribution is 5.84. The second-order valence-corrected chi connectivity index (χ2v) is 7.90. The summed E-state index contributed by atoms with van der Waals surface area (Å²) >= 11 is 0. The van der Waals surface area contributed by atoms with Crippen molar-refractivity contribution in [3.05, 3.63) is 29.3 Å². The van der Waals surface area contributed by atoms with Crippen molar-refractivity contribution in [3.8, 4) is 0 Å². The van der Waals surface area contributed by atoms with Gasteiger partial charge in [-0.2, -0.15) is 13.2 Å². The number of nitrogens with one attached hydrogen (secondary N) is 3. The Labute approximate surface area is 188 Å². The molecule has 2 aliphatic heterocycles. The summed E-state index contributed by atoms with van der Waals surface area (Å²) in [6, 6.07) is 3.20. The Balaban J connectivity index is 0.00000385. The first-order valence-corrected chi connectivity index (χ1v) is 10.7. The van der Waals surface area contributed by atoms with Crippen molar-refractivity contribution in [2.75, 3.05) is 31.5 Å². The Hall–Kier alpha value is -2.98. The van der Waals surface area contributed by atoms with Gasteiger partial charge in [-0.3, -0.25) is 9.59 Å². The number of benzene rings is 1. The number of halogens is 3. The molecule has 0 aliphatic carbocycles. The van der Waals surface area contributed by atoms with Gasteiger partial charge >= 0.3 is 12.2 Å². The Morgan fingerprint density at radius 1 is 1.28 bits per heavy atom. The Bertz CT molecular complexity index is 876. The molecule has 1 aromatic rings. The molecule has 0 unspecified atom stereocenters. The molecule has 0 saturated carbocycles. The third-order valence-electron chi connectivity index (χ3n) is 5.72. The summed E-state index contributed by atoms with van der Waals surface area (Å²) in [4.78, 5) is 38.9. The van der Waals surface area contributed by atoms with E-state index in [4.69, 9.17) is 0 Å². The molecule has 0 aromatic heterocycles. The maximum atomic E-state index is 13.0. The van der Waals surface area contributed by atoms with Gasteiger partial charge < -0.3 is 25.8 Å². The van der Waals surface area contributed by atoms with Crippen LogP contribution in [0.15, 0.2) is 18.2 Å². The molecular weight excluding hydrogens is 427 g/mol. The molecule has 0 radical (unpaired) electrons. The lowest BCUT2D eigenvalue weighted by molar-refractivity contribution is -0.182. The lowest BCUT2D eigenvalue weighted by Gasteiger charge is -2.26. The number of likely N-dealkylation sites (tertiary alicyclic amines) is 1. The van der Waals surface area contributed by atoms with Crippen LogP contribution in [0.3, 0.4) is 0 Å². The molecule has 4 amide bonds. The van der Waals surface area contributed by atoms with Crippen molar-refractivity contribution in [2.45, 2.75) is 51.5 Å². The van der Waals surface area contributed by atoms with Crippen molar-refractivity contribution in [1.29, 1.82) is 0 Å². The number of hydrogen-bond acceptors (Lipinski definition) is 4. The average molecular weight is 462 g/mol. The average Bonchev–Trinajstić information content (AvgIpc) is 3.24. The minimum Gasteiger partial charge on any atom is -0.384 e. The molecule has 11 heteroatoms. The topological polar surface area (TPSA) is 93.8 Å². The predicted molar refractivity (Wildman–Crippen MR) is 118 cm³/mol. The first kappa shape index (κ1) is 23.7. The van der Waals surface area contributed by atoms with Gasteiger partial charge in [0.2, 0.25) is 11.8 Å². The molecule has 32 heavy (non-hydrogen) atoms. The molecule has 3 N–H and O–H groups in total. The van der Waals surface area contributed by atoms with E-state index in [1.165, 1.54) is 0 Å². The third kappa shape index (κ3) is 5.83. The van der Waals surface area contributed by atoms with Crippen LogP contribution in [0.5, 0.6) is 0 Å². The Morgan fingerprint density at radius 3 is 2.78 bits per heavy atom. The summed E-state index contributed by atoms with van der Waals surface area (Å²) in [6.07, 6.45) is -3.87. The van der Waals surface area contributed by atoms with E-state index in [2.05, 4.69) is 16.0 Å². The molecule has 2 heterocycles. The summed E-state index contributed by atoms with van der Waals surface area (Å²) in [5.74, 6) is -0.680. The van der Waals surface area contributed by atoms with Gasteiger partial charge in [0.1, 0.15) is 6.04 Å². The zero-order valence-corrected chi connectivity index (χ0v) is 17.9. The smallest absolute Gasteiger partial charge is 0.384 e. The van der Waals surface area contributed by atoms with Crippen LogP contribution in [0.4, 0.5) is 23.7 Å². The van der Waals surface area contributed by atoms with Gasteiger partial charge in [0, 0.05) is 49.1 Å². The molecule has 182 valence electrons. The fourth-order valence-corrected chi connectivity index (χ4v) is 4.01. The van der Waals surface area contributed by atoms with E-state index in [1.807, 2.05) is 25.1 Å². The number of amides is 4. The lowest BCUT2D eigenvalue weighted by atomic mass is 10.1. The quantitative estimate of drug-likeness (QED) is 0.629. The van der Waals surface area contributed by atoms with Gasteiger partial charge in [0.15, 0.2) is 0 Å². The number of nitrogens with zero attached hydrogens (tertiary/aromatic N) is 2. The zero-order valence-electron chi connectivity index (χ0n) is 17.9. The number of hydrogen-bond donors (Lipinski definition) is 3. The van der Waals surface area contributed by atoms with Gasteiger partial charge in [-0.25, -0.2) is 4.79 Å². The number of alkyl halides is 3. The molecule has 3 rings (SSSR count). The predicted octanol–water partition coefficient (Wildman–Crippen LogP) is 2.94. The normalized spacial score (nSPS) is 19.0. The number of urea groups is 1. The number of rotatable bonds is 5. The second kappa shape index (κ2) is 10.1. The first-order chi connectivity index (χ1) is 15.2. The second-order valence-electron chi connectivity index (χ2n) is 7.90. The van der Waals surface area contributed by atoms with Gasteiger partial charge in [-0.1, -0.05) is 12.1 Å². The van der Waals surface area contributed by atoms with E-state index in [0.29, 0.717) is 26.1 Å². The van der Waals surface area contributed by atoms with E-state index in [0.717, 1.165) is 21.7 Å². The van der Waals surface area contributed by atoms with Gasteiger partial charge in [0.05, 0.1) is 6.54 Å². The van der Waals surface area contributed by atoms with Crippen molar-refractivity contribution in [1.82, 2.24) is 20.4 Å². The summed E-state index contributed by atoms with van der Waals surface area (Å²) in [5, 5.41) is 8.18. The molecule has 1 atom stereocenters. The van der Waals surface area contributed by atoms with Crippen molar-refractivity contribution in [3.63, 3.8) is 0 Å². The Kier molecular flexibility index (Phi) is 7.47. The summed E-state index contributed by atoms with van der Waals surface area (Å²) in [5.41, 5.74) is 2.66. The number of carbonyl (C=O) groups excluding carboxylic acids is 3. The standard InChI is InChI=1S/C21H28F3N5O3.3H2/c1-2-28-13-15-10-14(5-6-16(15)25-8-7-18(28)30)11-26-20(32)27-12-19(31)29-9-3-4-17(29)21(22,23)24;;;/h5-6,10,17,25H,2-4,7-9,11-13H2,1H3,(H2,26,27,32);3*1H/t17-;;;/m1.../s1. The van der Waals surface area contributed by atoms with Crippen LogP contribution >= 0.6 is 0 Å². The van der Waals surface area contributed by atoms with Crippen LogP contribution in [0.1, 0.15) is 41.6 Å². The summed E-state index contributed by atoms with van der Waals surface area (Å²) < 4.78 is 39.0. The number of anilines is 1. The molecule has 1 aromatic carbocycles. The van der Waals surface area contributed by atoms with Crippen LogP contribution in [0.2, 0.25) is 0 Å². The maximum Gasteiger partial charge on any atom is 0.408 e. The molecule has 2 aliphatic rings. The van der Waals surface area contributed by atoms with E-state index < -0.39 is 30.7 Å². The van der Waals surface area contributed by atoms with Crippen LogP contribution in [0.25, 0.3) is 0 Å². The Morgan fingerprint density at radius 2 is 2.06 bits per heavy atom. The summed E-state index contributed by atoms with van der Waals surface area (Å²) in [6.45, 7) is 3.23. The third-order valence-corrected chi connectivity index (χ3v) is 5.72. The van der Waals surface area contributed by atoms with E-state index in [-0.39, 0.29) is 36.1 Å². The molecule has 0 bridgehead atoms. The molecule has 1 saturated heterocycles. The summed E-state index contributed by atoms with van der Waals surface area (Å²) in [7, 11) is 0. The fraction of sp³-hybridized carbons (Fsp3) is 0.571. The van der Waals surface area contributed by atoms with Gasteiger partial charge in [-0.05, 0) is 37.0 Å². The minimum absolute atomic E-state index is 0. The monoisotopic (exact) mass is 461 g/mol. The number of fused-ring (bicyclic) bond motifs is 1. The number of carbonyl (C=O) groups is 3.